The van der Waals surface area contributed by atoms with E-state index in [-0.39, 0.29) is 18.2 Å². The van der Waals surface area contributed by atoms with E-state index in [0.29, 0.717) is 5.56 Å². The van der Waals surface area contributed by atoms with Crippen LogP contribution in [0.4, 0.5) is 17.6 Å². The van der Waals surface area contributed by atoms with Crippen LogP contribution in [-0.2, 0) is 11.3 Å². The van der Waals surface area contributed by atoms with E-state index in [0.717, 1.165) is 0 Å². The molecule has 0 radical (unpaired) electrons. The summed E-state index contributed by atoms with van der Waals surface area (Å²) in [6.07, 6.45) is 0. The highest BCUT2D eigenvalue weighted by atomic mass is 19.2. The van der Waals surface area contributed by atoms with Gasteiger partial charge in [0.2, 0.25) is 11.6 Å². The zero-order valence-electron chi connectivity index (χ0n) is 11.3. The molecule has 0 aromatic heterocycles. The molecule has 0 aliphatic carbocycles. The van der Waals surface area contributed by atoms with E-state index >= 15 is 0 Å². The Bertz CT molecular complexity index is 673. The largest absolute Gasteiger partial charge is 0.483 e. The number of benzene rings is 2. The standard InChI is InChI=1S/C15H10F4O3/c1-21-15(20)9-4-2-8(3-5-9)7-22-14-12(18)10(16)6-11(17)13(14)19/h2-6H,7H2,1H3. The van der Waals surface area contributed by atoms with Crippen LogP contribution in [0.15, 0.2) is 30.3 Å². The molecule has 0 saturated heterocycles. The molecular weight excluding hydrogens is 304 g/mol. The van der Waals surface area contributed by atoms with Crippen LogP contribution >= 0.6 is 0 Å². The Balaban J connectivity index is 2.15. The van der Waals surface area contributed by atoms with Gasteiger partial charge in [-0.05, 0) is 17.7 Å². The van der Waals surface area contributed by atoms with Crippen LogP contribution in [0, 0.1) is 23.3 Å². The van der Waals surface area contributed by atoms with Gasteiger partial charge in [-0.3, -0.25) is 0 Å². The smallest absolute Gasteiger partial charge is 0.337 e. The van der Waals surface area contributed by atoms with E-state index in [4.69, 9.17) is 4.74 Å². The van der Waals surface area contributed by atoms with Crippen LogP contribution in [0.25, 0.3) is 0 Å². The summed E-state index contributed by atoms with van der Waals surface area (Å²) in [5, 5.41) is 0. The van der Waals surface area contributed by atoms with Crippen molar-refractivity contribution >= 4 is 5.97 Å². The van der Waals surface area contributed by atoms with Gasteiger partial charge in [-0.15, -0.1) is 0 Å². The summed E-state index contributed by atoms with van der Waals surface area (Å²) < 4.78 is 62.1. The minimum absolute atomic E-state index is 0.0999. The zero-order chi connectivity index (χ0) is 16.3. The van der Waals surface area contributed by atoms with Gasteiger partial charge < -0.3 is 9.47 Å². The Morgan fingerprint density at radius 1 is 1.00 bits per heavy atom. The minimum atomic E-state index is -1.61. The number of carbonyl (C=O) groups excluding carboxylic acids is 1. The van der Waals surface area contributed by atoms with E-state index in [2.05, 4.69) is 4.74 Å². The van der Waals surface area contributed by atoms with Gasteiger partial charge >= 0.3 is 5.97 Å². The van der Waals surface area contributed by atoms with E-state index in [1.165, 1.54) is 31.4 Å². The number of halogens is 4. The van der Waals surface area contributed by atoms with Gasteiger partial charge in [0.05, 0.1) is 12.7 Å². The molecule has 0 fully saturated rings. The lowest BCUT2D eigenvalue weighted by Gasteiger charge is -2.09. The fourth-order valence-electron chi connectivity index (χ4n) is 1.69. The summed E-state index contributed by atoms with van der Waals surface area (Å²) in [4.78, 5) is 11.2. The molecule has 2 aromatic carbocycles. The SMILES string of the molecule is COC(=O)c1ccc(COc2c(F)c(F)cc(F)c2F)cc1. The molecule has 116 valence electrons. The molecule has 3 nitrogen and oxygen atoms in total. The van der Waals surface area contributed by atoms with Gasteiger partial charge in [0.25, 0.3) is 0 Å². The first-order valence-electron chi connectivity index (χ1n) is 6.07. The molecule has 0 unspecified atom stereocenters. The third-order valence-electron chi connectivity index (χ3n) is 2.83. The van der Waals surface area contributed by atoms with E-state index in [1.807, 2.05) is 0 Å². The third kappa shape index (κ3) is 3.19. The average Bonchev–Trinajstić information content (AvgIpc) is 2.53. The summed E-state index contributed by atoms with van der Waals surface area (Å²) in [6, 6.07) is 5.85. The van der Waals surface area contributed by atoms with Crippen molar-refractivity contribution < 1.29 is 31.8 Å². The predicted molar refractivity (Wildman–Crippen MR) is 68.4 cm³/mol. The third-order valence-corrected chi connectivity index (χ3v) is 2.83. The lowest BCUT2D eigenvalue weighted by molar-refractivity contribution is 0.0600. The number of ether oxygens (including phenoxy) is 2. The topological polar surface area (TPSA) is 35.5 Å². The Morgan fingerprint density at radius 2 is 1.55 bits per heavy atom. The summed E-state index contributed by atoms with van der Waals surface area (Å²) in [6.45, 7) is -0.335. The fraction of sp³-hybridized carbons (Fsp3) is 0.133. The number of hydrogen-bond donors (Lipinski definition) is 0. The van der Waals surface area contributed by atoms with Crippen molar-refractivity contribution in [2.75, 3.05) is 7.11 Å². The number of methoxy groups -OCH3 is 1. The lowest BCUT2D eigenvalue weighted by Crippen LogP contribution is -2.05. The van der Waals surface area contributed by atoms with Gasteiger partial charge in [-0.25, -0.2) is 13.6 Å². The van der Waals surface area contributed by atoms with Crippen molar-refractivity contribution in [2.45, 2.75) is 6.61 Å². The molecule has 0 saturated carbocycles. The monoisotopic (exact) mass is 314 g/mol. The fourth-order valence-corrected chi connectivity index (χ4v) is 1.69. The average molecular weight is 314 g/mol. The van der Waals surface area contributed by atoms with Crippen LogP contribution < -0.4 is 4.74 Å². The summed E-state index contributed by atoms with van der Waals surface area (Å²) in [5.41, 5.74) is 0.719. The Kier molecular flexibility index (Phi) is 4.65. The van der Waals surface area contributed by atoms with Crippen LogP contribution in [0.5, 0.6) is 5.75 Å². The number of esters is 1. The first kappa shape index (κ1) is 15.8. The molecule has 2 rings (SSSR count). The second kappa shape index (κ2) is 6.46. The second-order valence-electron chi connectivity index (χ2n) is 4.27. The van der Waals surface area contributed by atoms with Gasteiger partial charge in [-0.1, -0.05) is 12.1 Å². The maximum Gasteiger partial charge on any atom is 0.337 e. The molecule has 0 heterocycles. The summed E-state index contributed by atoms with van der Waals surface area (Å²) in [5.74, 6) is -7.98. The molecule has 7 heteroatoms. The van der Waals surface area contributed by atoms with Gasteiger partial charge in [0.15, 0.2) is 17.4 Å². The first-order valence-corrected chi connectivity index (χ1v) is 6.07. The van der Waals surface area contributed by atoms with Crippen molar-refractivity contribution in [1.82, 2.24) is 0 Å². The predicted octanol–water partition coefficient (Wildman–Crippen LogP) is 3.61. The molecule has 22 heavy (non-hydrogen) atoms. The lowest BCUT2D eigenvalue weighted by atomic mass is 10.1. The van der Waals surface area contributed by atoms with Crippen molar-refractivity contribution in [3.05, 3.63) is 64.7 Å². The van der Waals surface area contributed by atoms with E-state index in [1.54, 1.807) is 0 Å². The second-order valence-corrected chi connectivity index (χ2v) is 4.27. The molecule has 0 spiro atoms. The zero-order valence-corrected chi connectivity index (χ0v) is 11.3. The minimum Gasteiger partial charge on any atom is -0.483 e. The molecular formula is C15H10F4O3. The summed E-state index contributed by atoms with van der Waals surface area (Å²) in [7, 11) is 1.23. The van der Waals surface area contributed by atoms with Gasteiger partial charge in [0, 0.05) is 6.07 Å². The van der Waals surface area contributed by atoms with Crippen molar-refractivity contribution in [3.63, 3.8) is 0 Å². The quantitative estimate of drug-likeness (QED) is 0.491. The first-order chi connectivity index (χ1) is 10.4. The van der Waals surface area contributed by atoms with Gasteiger partial charge in [-0.2, -0.15) is 8.78 Å². The molecule has 0 N–H and O–H groups in total. The van der Waals surface area contributed by atoms with Crippen LogP contribution in [0.2, 0.25) is 0 Å². The van der Waals surface area contributed by atoms with Crippen molar-refractivity contribution in [1.29, 1.82) is 0 Å². The van der Waals surface area contributed by atoms with Crippen molar-refractivity contribution in [2.24, 2.45) is 0 Å². The maximum absolute atomic E-state index is 13.4. The van der Waals surface area contributed by atoms with Crippen LogP contribution in [0.1, 0.15) is 15.9 Å². The highest BCUT2D eigenvalue weighted by molar-refractivity contribution is 5.89. The highest BCUT2D eigenvalue weighted by Gasteiger charge is 2.20. The Morgan fingerprint density at radius 3 is 2.05 bits per heavy atom. The van der Waals surface area contributed by atoms with Crippen LogP contribution in [-0.4, -0.2) is 13.1 Å². The van der Waals surface area contributed by atoms with Gasteiger partial charge in [0.1, 0.15) is 6.61 Å². The molecule has 0 aliphatic heterocycles. The number of rotatable bonds is 4. The molecule has 0 atom stereocenters. The molecule has 0 aliphatic rings. The van der Waals surface area contributed by atoms with E-state index < -0.39 is 35.0 Å². The van der Waals surface area contributed by atoms with Crippen molar-refractivity contribution in [3.8, 4) is 5.75 Å². The molecule has 2 aromatic rings. The number of hydrogen-bond acceptors (Lipinski definition) is 3. The summed E-state index contributed by atoms with van der Waals surface area (Å²) >= 11 is 0. The van der Waals surface area contributed by atoms with Crippen LogP contribution in [0.3, 0.4) is 0 Å². The molecule has 0 amide bonds. The maximum atomic E-state index is 13.4. The highest BCUT2D eigenvalue weighted by Crippen LogP contribution is 2.27. The Labute approximate surface area is 123 Å². The Hall–Kier alpha value is -2.57. The number of carbonyl (C=O) groups is 1. The molecule has 0 bridgehead atoms. The van der Waals surface area contributed by atoms with E-state index in [9.17, 15) is 22.4 Å². The normalized spacial score (nSPS) is 10.4.